The fourth-order valence-electron chi connectivity index (χ4n) is 1.64. The lowest BCUT2D eigenvalue weighted by Gasteiger charge is -2.06. The first-order chi connectivity index (χ1) is 10.2. The molecule has 0 amide bonds. The first-order valence-corrected chi connectivity index (χ1v) is 7.88. The number of nitrogens with one attached hydrogen (secondary N) is 1. The van der Waals surface area contributed by atoms with Crippen molar-refractivity contribution in [2.45, 2.75) is 19.5 Å². The quantitative estimate of drug-likeness (QED) is 0.908. The standard InChI is InChI=1S/C12H12F3N3O3S/c1-2-7-22(19,20)18-9-5-3-8(4-6-9)10-16-11(21-17-10)12(13,14)15/h3-6,18H,2,7H2,1H3. The highest BCUT2D eigenvalue weighted by atomic mass is 32.2. The maximum Gasteiger partial charge on any atom is 0.471 e. The van der Waals surface area contributed by atoms with Crippen molar-refractivity contribution in [2.75, 3.05) is 10.5 Å². The third kappa shape index (κ3) is 3.97. The summed E-state index contributed by atoms with van der Waals surface area (Å²) >= 11 is 0. The Morgan fingerprint density at radius 1 is 1.23 bits per heavy atom. The van der Waals surface area contributed by atoms with Crippen molar-refractivity contribution in [2.24, 2.45) is 0 Å². The van der Waals surface area contributed by atoms with E-state index >= 15 is 0 Å². The van der Waals surface area contributed by atoms with Crippen LogP contribution in [0.4, 0.5) is 18.9 Å². The van der Waals surface area contributed by atoms with Crippen molar-refractivity contribution in [1.82, 2.24) is 10.1 Å². The fraction of sp³-hybridized carbons (Fsp3) is 0.333. The highest BCUT2D eigenvalue weighted by molar-refractivity contribution is 7.92. The molecule has 2 rings (SSSR count). The average molecular weight is 335 g/mol. The molecule has 1 heterocycles. The molecule has 22 heavy (non-hydrogen) atoms. The largest absolute Gasteiger partial charge is 0.471 e. The highest BCUT2D eigenvalue weighted by Gasteiger charge is 2.38. The van der Waals surface area contributed by atoms with Crippen LogP contribution in [0.3, 0.4) is 0 Å². The molecule has 0 aliphatic heterocycles. The van der Waals surface area contributed by atoms with E-state index < -0.39 is 22.1 Å². The van der Waals surface area contributed by atoms with Gasteiger partial charge in [0.2, 0.25) is 15.8 Å². The average Bonchev–Trinajstić information content (AvgIpc) is 2.88. The molecule has 0 bridgehead atoms. The number of halogens is 3. The van der Waals surface area contributed by atoms with E-state index in [0.29, 0.717) is 12.1 Å². The Kier molecular flexibility index (Phi) is 4.40. The molecule has 0 unspecified atom stereocenters. The molecule has 6 nitrogen and oxygen atoms in total. The van der Waals surface area contributed by atoms with Gasteiger partial charge in [-0.2, -0.15) is 18.2 Å². The van der Waals surface area contributed by atoms with E-state index in [4.69, 9.17) is 0 Å². The monoisotopic (exact) mass is 335 g/mol. The Labute approximate surface area is 124 Å². The maximum absolute atomic E-state index is 12.4. The van der Waals surface area contributed by atoms with Crippen LogP contribution in [-0.4, -0.2) is 24.3 Å². The number of sulfonamides is 1. The summed E-state index contributed by atoms with van der Waals surface area (Å²) in [6.45, 7) is 1.73. The van der Waals surface area contributed by atoms with Crippen molar-refractivity contribution in [1.29, 1.82) is 0 Å². The molecule has 0 spiro atoms. The van der Waals surface area contributed by atoms with E-state index in [-0.39, 0.29) is 17.1 Å². The lowest BCUT2D eigenvalue weighted by atomic mass is 10.2. The molecule has 0 saturated heterocycles. The van der Waals surface area contributed by atoms with Gasteiger partial charge in [-0.25, -0.2) is 8.42 Å². The molecular formula is C12H12F3N3O3S. The molecule has 0 aliphatic rings. The summed E-state index contributed by atoms with van der Waals surface area (Å²) in [5.74, 6) is -1.68. The smallest absolute Gasteiger partial charge is 0.329 e. The normalized spacial score (nSPS) is 12.4. The second-order valence-corrected chi connectivity index (χ2v) is 6.26. The van der Waals surface area contributed by atoms with Gasteiger partial charge in [-0.1, -0.05) is 12.1 Å². The Balaban J connectivity index is 2.17. The molecule has 1 N–H and O–H groups in total. The van der Waals surface area contributed by atoms with Crippen molar-refractivity contribution in [3.63, 3.8) is 0 Å². The van der Waals surface area contributed by atoms with E-state index in [1.165, 1.54) is 24.3 Å². The molecule has 1 aromatic heterocycles. The minimum atomic E-state index is -4.71. The molecule has 2 aromatic rings. The first-order valence-electron chi connectivity index (χ1n) is 6.23. The summed E-state index contributed by atoms with van der Waals surface area (Å²) < 4.78 is 66.8. The van der Waals surface area contributed by atoms with E-state index in [9.17, 15) is 21.6 Å². The molecule has 0 aliphatic carbocycles. The number of rotatable bonds is 5. The van der Waals surface area contributed by atoms with Gasteiger partial charge in [0, 0.05) is 11.3 Å². The van der Waals surface area contributed by atoms with E-state index in [0.717, 1.165) is 0 Å². The lowest BCUT2D eigenvalue weighted by molar-refractivity contribution is -0.159. The van der Waals surface area contributed by atoms with Gasteiger partial charge in [0.1, 0.15) is 0 Å². The summed E-state index contributed by atoms with van der Waals surface area (Å²) in [4.78, 5) is 3.24. The Morgan fingerprint density at radius 3 is 2.36 bits per heavy atom. The van der Waals surface area contributed by atoms with E-state index in [1.54, 1.807) is 6.92 Å². The number of aromatic nitrogens is 2. The molecule has 0 atom stereocenters. The van der Waals surface area contributed by atoms with Crippen LogP contribution in [0, 0.1) is 0 Å². The Hall–Kier alpha value is -2.10. The fourth-order valence-corrected chi connectivity index (χ4v) is 2.78. The second-order valence-electron chi connectivity index (χ2n) is 4.42. The third-order valence-electron chi connectivity index (χ3n) is 2.56. The zero-order valence-corrected chi connectivity index (χ0v) is 12.2. The van der Waals surface area contributed by atoms with Gasteiger partial charge in [-0.05, 0) is 30.7 Å². The topological polar surface area (TPSA) is 85.1 Å². The zero-order chi connectivity index (χ0) is 16.4. The van der Waals surface area contributed by atoms with Gasteiger partial charge in [0.05, 0.1) is 5.75 Å². The lowest BCUT2D eigenvalue weighted by Crippen LogP contribution is -2.15. The van der Waals surface area contributed by atoms with Crippen LogP contribution in [-0.2, 0) is 16.2 Å². The van der Waals surface area contributed by atoms with Gasteiger partial charge < -0.3 is 4.52 Å². The van der Waals surface area contributed by atoms with Crippen LogP contribution in [0.5, 0.6) is 0 Å². The van der Waals surface area contributed by atoms with Crippen LogP contribution in [0.25, 0.3) is 11.4 Å². The van der Waals surface area contributed by atoms with Crippen molar-refractivity contribution in [3.05, 3.63) is 30.2 Å². The second kappa shape index (κ2) is 5.95. The van der Waals surface area contributed by atoms with E-state index in [2.05, 4.69) is 19.4 Å². The van der Waals surface area contributed by atoms with Crippen LogP contribution in [0.2, 0.25) is 0 Å². The molecular weight excluding hydrogens is 323 g/mol. The van der Waals surface area contributed by atoms with Gasteiger partial charge in [0.25, 0.3) is 0 Å². The molecule has 120 valence electrons. The number of nitrogens with zero attached hydrogens (tertiary/aromatic N) is 2. The van der Waals surface area contributed by atoms with Gasteiger partial charge >= 0.3 is 12.1 Å². The number of hydrogen-bond donors (Lipinski definition) is 1. The zero-order valence-electron chi connectivity index (χ0n) is 11.4. The minimum absolute atomic E-state index is 0.0193. The summed E-state index contributed by atoms with van der Waals surface area (Å²) in [5, 5.41) is 3.24. The van der Waals surface area contributed by atoms with Crippen LogP contribution >= 0.6 is 0 Å². The number of hydrogen-bond acceptors (Lipinski definition) is 5. The molecule has 10 heteroatoms. The maximum atomic E-state index is 12.4. The SMILES string of the molecule is CCCS(=O)(=O)Nc1ccc(-c2noc(C(F)(F)F)n2)cc1. The van der Waals surface area contributed by atoms with Gasteiger partial charge in [-0.15, -0.1) is 0 Å². The predicted octanol–water partition coefficient (Wildman–Crippen LogP) is 2.91. The molecule has 0 radical (unpaired) electrons. The summed E-state index contributed by atoms with van der Waals surface area (Å²) in [5.41, 5.74) is 0.578. The van der Waals surface area contributed by atoms with Gasteiger partial charge in [-0.3, -0.25) is 4.72 Å². The molecule has 0 fully saturated rings. The number of benzene rings is 1. The summed E-state index contributed by atoms with van der Waals surface area (Å²) in [7, 11) is -3.43. The number of anilines is 1. The third-order valence-corrected chi connectivity index (χ3v) is 4.05. The van der Waals surface area contributed by atoms with Crippen molar-refractivity contribution >= 4 is 15.7 Å². The molecule has 1 aromatic carbocycles. The highest BCUT2D eigenvalue weighted by Crippen LogP contribution is 2.29. The van der Waals surface area contributed by atoms with Crippen LogP contribution < -0.4 is 4.72 Å². The van der Waals surface area contributed by atoms with Crippen LogP contribution in [0.15, 0.2) is 28.8 Å². The summed E-state index contributed by atoms with van der Waals surface area (Å²) in [6, 6.07) is 5.61. The summed E-state index contributed by atoms with van der Waals surface area (Å²) in [6.07, 6.45) is -4.24. The molecule has 0 saturated carbocycles. The van der Waals surface area contributed by atoms with Crippen LogP contribution in [0.1, 0.15) is 19.2 Å². The van der Waals surface area contributed by atoms with Crippen molar-refractivity contribution < 1.29 is 26.1 Å². The first kappa shape index (κ1) is 16.3. The Bertz CT molecular complexity index is 739. The minimum Gasteiger partial charge on any atom is -0.329 e. The Morgan fingerprint density at radius 2 is 1.86 bits per heavy atom. The van der Waals surface area contributed by atoms with E-state index in [1.807, 2.05) is 0 Å². The van der Waals surface area contributed by atoms with Gasteiger partial charge in [0.15, 0.2) is 0 Å². The predicted molar refractivity (Wildman–Crippen MR) is 72.4 cm³/mol. The van der Waals surface area contributed by atoms with Crippen molar-refractivity contribution in [3.8, 4) is 11.4 Å². The number of alkyl halides is 3.